The minimum atomic E-state index is 0.0383. The van der Waals surface area contributed by atoms with Gasteiger partial charge in [0.05, 0.1) is 0 Å². The third kappa shape index (κ3) is 3.48. The second-order valence-corrected chi connectivity index (χ2v) is 5.26. The molecule has 0 radical (unpaired) electrons. The summed E-state index contributed by atoms with van der Waals surface area (Å²) < 4.78 is 11.4. The summed E-state index contributed by atoms with van der Waals surface area (Å²) in [5, 5.41) is 0. The first-order chi connectivity index (χ1) is 11.1. The van der Waals surface area contributed by atoms with Gasteiger partial charge in [-0.05, 0) is 50.2 Å². The molecule has 2 aromatic carbocycles. The van der Waals surface area contributed by atoms with Gasteiger partial charge in [0.1, 0.15) is 23.8 Å². The van der Waals surface area contributed by atoms with Gasteiger partial charge in [0.15, 0.2) is 5.78 Å². The zero-order valence-corrected chi connectivity index (χ0v) is 13.1. The van der Waals surface area contributed by atoms with Crippen LogP contribution in [0.4, 0.5) is 0 Å². The average molecular weight is 307 g/mol. The molecule has 0 saturated heterocycles. The van der Waals surface area contributed by atoms with E-state index in [4.69, 9.17) is 9.15 Å². The van der Waals surface area contributed by atoms with Gasteiger partial charge in [0, 0.05) is 11.1 Å². The van der Waals surface area contributed by atoms with Crippen LogP contribution in [-0.2, 0) is 6.61 Å². The van der Waals surface area contributed by atoms with Crippen LogP contribution in [0.2, 0.25) is 0 Å². The number of carbonyl (C=O) groups is 1. The molecular formula is C19H17NO3. The molecule has 0 spiro atoms. The largest absolute Gasteiger partial charge is 0.487 e. The SMILES string of the molecule is CC(=O)c1ccc(OCc2nc(-c3ccccc3)oc2C)cc1. The van der Waals surface area contributed by atoms with Gasteiger partial charge in [-0.15, -0.1) is 0 Å². The van der Waals surface area contributed by atoms with Crippen LogP contribution < -0.4 is 4.74 Å². The molecule has 116 valence electrons. The topological polar surface area (TPSA) is 52.3 Å². The first-order valence-electron chi connectivity index (χ1n) is 7.39. The van der Waals surface area contributed by atoms with E-state index in [1.165, 1.54) is 0 Å². The zero-order chi connectivity index (χ0) is 16.2. The zero-order valence-electron chi connectivity index (χ0n) is 13.1. The predicted molar refractivity (Wildman–Crippen MR) is 87.5 cm³/mol. The average Bonchev–Trinajstić information content (AvgIpc) is 2.95. The van der Waals surface area contributed by atoms with Crippen molar-refractivity contribution in [2.75, 3.05) is 0 Å². The van der Waals surface area contributed by atoms with Crippen molar-refractivity contribution in [1.29, 1.82) is 0 Å². The van der Waals surface area contributed by atoms with Gasteiger partial charge >= 0.3 is 0 Å². The Morgan fingerprint density at radius 3 is 2.43 bits per heavy atom. The maximum absolute atomic E-state index is 11.3. The Bertz CT molecular complexity index is 804. The van der Waals surface area contributed by atoms with E-state index in [-0.39, 0.29) is 5.78 Å². The molecule has 0 aliphatic heterocycles. The number of aryl methyl sites for hydroxylation is 1. The third-order valence-corrected chi connectivity index (χ3v) is 3.55. The van der Waals surface area contributed by atoms with E-state index in [0.717, 1.165) is 17.0 Å². The smallest absolute Gasteiger partial charge is 0.226 e. The number of nitrogens with zero attached hydrogens (tertiary/aromatic N) is 1. The van der Waals surface area contributed by atoms with E-state index < -0.39 is 0 Å². The molecular weight excluding hydrogens is 290 g/mol. The molecule has 0 atom stereocenters. The standard InChI is InChI=1S/C19H17NO3/c1-13(21)15-8-10-17(11-9-15)22-12-18-14(2)23-19(20-18)16-6-4-3-5-7-16/h3-11H,12H2,1-2H3. The van der Waals surface area contributed by atoms with Crippen molar-refractivity contribution in [2.24, 2.45) is 0 Å². The molecule has 4 nitrogen and oxygen atoms in total. The number of oxazole rings is 1. The normalized spacial score (nSPS) is 10.5. The van der Waals surface area contributed by atoms with Gasteiger partial charge in [-0.3, -0.25) is 4.79 Å². The third-order valence-electron chi connectivity index (χ3n) is 3.55. The lowest BCUT2D eigenvalue weighted by atomic mass is 10.1. The number of hydrogen-bond acceptors (Lipinski definition) is 4. The Hall–Kier alpha value is -2.88. The molecule has 0 aliphatic carbocycles. The molecule has 0 fully saturated rings. The summed E-state index contributed by atoms with van der Waals surface area (Å²) in [7, 11) is 0. The summed E-state index contributed by atoms with van der Waals surface area (Å²) in [5.74, 6) is 2.06. The molecule has 0 bridgehead atoms. The summed E-state index contributed by atoms with van der Waals surface area (Å²) in [6.07, 6.45) is 0. The Morgan fingerprint density at radius 2 is 1.78 bits per heavy atom. The van der Waals surface area contributed by atoms with Crippen LogP contribution in [0, 0.1) is 6.92 Å². The number of rotatable bonds is 5. The Labute approximate surface area is 134 Å². The van der Waals surface area contributed by atoms with Crippen LogP contribution >= 0.6 is 0 Å². The van der Waals surface area contributed by atoms with Gasteiger partial charge < -0.3 is 9.15 Å². The summed E-state index contributed by atoms with van der Waals surface area (Å²) in [6.45, 7) is 3.73. The Kier molecular flexibility index (Phi) is 4.24. The van der Waals surface area contributed by atoms with Crippen LogP contribution in [-0.4, -0.2) is 10.8 Å². The van der Waals surface area contributed by atoms with E-state index in [2.05, 4.69) is 4.98 Å². The molecule has 0 saturated carbocycles. The molecule has 3 rings (SSSR count). The fraction of sp³-hybridized carbons (Fsp3) is 0.158. The first-order valence-corrected chi connectivity index (χ1v) is 7.39. The molecule has 23 heavy (non-hydrogen) atoms. The lowest BCUT2D eigenvalue weighted by Crippen LogP contribution is -1.98. The number of benzene rings is 2. The molecule has 0 amide bonds. The number of ketones is 1. The summed E-state index contributed by atoms with van der Waals surface area (Å²) in [4.78, 5) is 15.8. The Morgan fingerprint density at radius 1 is 1.09 bits per heavy atom. The number of ether oxygens (including phenoxy) is 1. The monoisotopic (exact) mass is 307 g/mol. The molecule has 1 aromatic heterocycles. The van der Waals surface area contributed by atoms with Crippen molar-refractivity contribution in [3.8, 4) is 17.2 Å². The van der Waals surface area contributed by atoms with E-state index in [1.807, 2.05) is 37.3 Å². The Balaban J connectivity index is 1.71. The van der Waals surface area contributed by atoms with Crippen LogP contribution in [0.15, 0.2) is 59.0 Å². The van der Waals surface area contributed by atoms with Gasteiger partial charge in [-0.25, -0.2) is 4.98 Å². The summed E-state index contributed by atoms with van der Waals surface area (Å²) in [5.41, 5.74) is 2.37. The van der Waals surface area contributed by atoms with E-state index in [9.17, 15) is 4.79 Å². The maximum Gasteiger partial charge on any atom is 0.226 e. The minimum absolute atomic E-state index is 0.0383. The highest BCUT2D eigenvalue weighted by molar-refractivity contribution is 5.94. The van der Waals surface area contributed by atoms with E-state index >= 15 is 0 Å². The minimum Gasteiger partial charge on any atom is -0.487 e. The van der Waals surface area contributed by atoms with Crippen molar-refractivity contribution >= 4 is 5.78 Å². The molecule has 4 heteroatoms. The van der Waals surface area contributed by atoms with Crippen LogP contribution in [0.1, 0.15) is 28.7 Å². The highest BCUT2D eigenvalue weighted by atomic mass is 16.5. The molecule has 3 aromatic rings. The van der Waals surface area contributed by atoms with Crippen molar-refractivity contribution in [1.82, 2.24) is 4.98 Å². The second-order valence-electron chi connectivity index (χ2n) is 5.26. The first kappa shape index (κ1) is 15.0. The summed E-state index contributed by atoms with van der Waals surface area (Å²) in [6, 6.07) is 16.8. The highest BCUT2D eigenvalue weighted by Gasteiger charge is 2.11. The second kappa shape index (κ2) is 6.48. The van der Waals surface area contributed by atoms with Crippen LogP contribution in [0.3, 0.4) is 0 Å². The maximum atomic E-state index is 11.3. The molecule has 0 aliphatic rings. The predicted octanol–water partition coefficient (Wildman–Crippen LogP) is 4.43. The van der Waals surface area contributed by atoms with Gasteiger partial charge in [-0.2, -0.15) is 0 Å². The number of hydrogen-bond donors (Lipinski definition) is 0. The molecule has 1 heterocycles. The van der Waals surface area contributed by atoms with Crippen molar-refractivity contribution < 1.29 is 13.9 Å². The quantitative estimate of drug-likeness (QED) is 0.654. The fourth-order valence-corrected chi connectivity index (χ4v) is 2.20. The van der Waals surface area contributed by atoms with Crippen LogP contribution in [0.25, 0.3) is 11.5 Å². The van der Waals surface area contributed by atoms with Crippen LogP contribution in [0.5, 0.6) is 5.75 Å². The fourth-order valence-electron chi connectivity index (χ4n) is 2.20. The summed E-state index contributed by atoms with van der Waals surface area (Å²) >= 11 is 0. The lowest BCUT2D eigenvalue weighted by Gasteiger charge is -2.04. The van der Waals surface area contributed by atoms with Crippen molar-refractivity contribution in [2.45, 2.75) is 20.5 Å². The van der Waals surface area contributed by atoms with Gasteiger partial charge in [-0.1, -0.05) is 18.2 Å². The van der Waals surface area contributed by atoms with E-state index in [1.54, 1.807) is 31.2 Å². The highest BCUT2D eigenvalue weighted by Crippen LogP contribution is 2.22. The van der Waals surface area contributed by atoms with Crippen molar-refractivity contribution in [3.05, 3.63) is 71.6 Å². The molecule has 0 unspecified atom stereocenters. The van der Waals surface area contributed by atoms with Gasteiger partial charge in [0.2, 0.25) is 5.89 Å². The number of Topliss-reactive ketones (excluding diaryl/α,β-unsaturated/α-hetero) is 1. The number of carbonyl (C=O) groups excluding carboxylic acids is 1. The van der Waals surface area contributed by atoms with Crippen molar-refractivity contribution in [3.63, 3.8) is 0 Å². The van der Waals surface area contributed by atoms with E-state index in [0.29, 0.717) is 23.8 Å². The number of aromatic nitrogens is 1. The van der Waals surface area contributed by atoms with Gasteiger partial charge in [0.25, 0.3) is 0 Å². The molecule has 0 N–H and O–H groups in total. The lowest BCUT2D eigenvalue weighted by molar-refractivity contribution is 0.101.